The third-order valence-corrected chi connectivity index (χ3v) is 3.86. The molecule has 0 heterocycles. The number of nitrogens with one attached hydrogen (secondary N) is 1. The molecule has 0 aromatic heterocycles. The van der Waals surface area contributed by atoms with E-state index < -0.39 is 24.3 Å². The quantitative estimate of drug-likeness (QED) is 0.601. The molecule has 0 aliphatic heterocycles. The molecule has 0 saturated carbocycles. The van der Waals surface area contributed by atoms with Crippen molar-refractivity contribution in [1.82, 2.24) is 5.32 Å². The lowest BCUT2D eigenvalue weighted by Gasteiger charge is -2.19. The molecule has 4 N–H and O–H groups in total. The number of aliphatic hydroxyl groups is 2. The molecule has 0 saturated heterocycles. The van der Waals surface area contributed by atoms with Gasteiger partial charge < -0.3 is 25.4 Å². The smallest absolute Gasteiger partial charge is 0.407 e. The molecule has 0 fully saturated rings. The minimum Gasteiger partial charge on any atom is -0.478 e. The maximum Gasteiger partial charge on any atom is 0.407 e. The van der Waals surface area contributed by atoms with Crippen molar-refractivity contribution in [3.05, 3.63) is 70.8 Å². The van der Waals surface area contributed by atoms with Crippen LogP contribution in [-0.2, 0) is 11.3 Å². The summed E-state index contributed by atoms with van der Waals surface area (Å²) in [5, 5.41) is 31.6. The number of carbonyl (C=O) groups is 2. The van der Waals surface area contributed by atoms with Crippen molar-refractivity contribution in [2.24, 2.45) is 0 Å². The lowest BCUT2D eigenvalue weighted by molar-refractivity contribution is 0.0183. The maximum atomic E-state index is 11.7. The third-order valence-electron chi connectivity index (χ3n) is 3.86. The lowest BCUT2D eigenvalue weighted by atomic mass is 9.99. The summed E-state index contributed by atoms with van der Waals surface area (Å²) >= 11 is 0. The molecule has 0 bridgehead atoms. The van der Waals surface area contributed by atoms with E-state index in [2.05, 4.69) is 5.32 Å². The van der Waals surface area contributed by atoms with Gasteiger partial charge >= 0.3 is 12.1 Å². The summed E-state index contributed by atoms with van der Waals surface area (Å²) in [5.41, 5.74) is 1.78. The van der Waals surface area contributed by atoms with Gasteiger partial charge in [0.15, 0.2) is 0 Å². The first-order valence-corrected chi connectivity index (χ1v) is 8.03. The Morgan fingerprint density at radius 2 is 1.81 bits per heavy atom. The molecule has 0 aliphatic rings. The molecule has 2 unspecified atom stereocenters. The third kappa shape index (κ3) is 5.30. The van der Waals surface area contributed by atoms with Crippen molar-refractivity contribution in [3.63, 3.8) is 0 Å². The van der Waals surface area contributed by atoms with Crippen LogP contribution in [-0.4, -0.2) is 40.0 Å². The lowest BCUT2D eigenvalue weighted by Crippen LogP contribution is -2.35. The second-order valence-electron chi connectivity index (χ2n) is 5.83. The summed E-state index contributed by atoms with van der Waals surface area (Å²) in [4.78, 5) is 22.7. The maximum absolute atomic E-state index is 11.7. The van der Waals surface area contributed by atoms with Crippen molar-refractivity contribution < 1.29 is 29.6 Å². The average Bonchev–Trinajstić information content (AvgIpc) is 2.64. The number of aryl methyl sites for hydroxylation is 1. The summed E-state index contributed by atoms with van der Waals surface area (Å²) in [6, 6.07) is 13.4. The predicted molar refractivity (Wildman–Crippen MR) is 93.7 cm³/mol. The molecule has 1 amide bonds. The number of rotatable bonds is 7. The summed E-state index contributed by atoms with van der Waals surface area (Å²) in [7, 11) is 0. The summed E-state index contributed by atoms with van der Waals surface area (Å²) in [6.07, 6.45) is -3.25. The molecule has 138 valence electrons. The number of benzene rings is 2. The van der Waals surface area contributed by atoms with E-state index in [0.29, 0.717) is 11.1 Å². The Kier molecular flexibility index (Phi) is 6.71. The molecule has 2 rings (SSSR count). The highest BCUT2D eigenvalue weighted by molar-refractivity contribution is 5.89. The summed E-state index contributed by atoms with van der Waals surface area (Å²) in [5.74, 6) is -1.06. The van der Waals surface area contributed by atoms with Gasteiger partial charge in [-0.3, -0.25) is 0 Å². The van der Waals surface area contributed by atoms with E-state index in [9.17, 15) is 19.8 Å². The Bertz CT molecular complexity index is 762. The van der Waals surface area contributed by atoms with Crippen LogP contribution in [0.5, 0.6) is 0 Å². The van der Waals surface area contributed by atoms with Gasteiger partial charge in [-0.2, -0.15) is 0 Å². The van der Waals surface area contributed by atoms with E-state index in [0.717, 1.165) is 5.56 Å². The van der Waals surface area contributed by atoms with Gasteiger partial charge in [-0.1, -0.05) is 42.5 Å². The second kappa shape index (κ2) is 8.98. The molecule has 2 atom stereocenters. The van der Waals surface area contributed by atoms with E-state index in [-0.39, 0.29) is 18.7 Å². The van der Waals surface area contributed by atoms with Crippen molar-refractivity contribution in [1.29, 1.82) is 0 Å². The highest BCUT2D eigenvalue weighted by atomic mass is 16.5. The molecule has 7 nitrogen and oxygen atoms in total. The first-order chi connectivity index (χ1) is 12.4. The number of hydrogen-bond donors (Lipinski definition) is 4. The number of carbonyl (C=O) groups excluding carboxylic acids is 1. The number of carboxylic acid groups (broad SMARTS) is 1. The topological polar surface area (TPSA) is 116 Å². The Balaban J connectivity index is 1.84. The SMILES string of the molecule is Cc1cc(C(O)C(O)CNC(=O)OCc2ccccc2)ccc1C(=O)O. The Morgan fingerprint density at radius 3 is 2.42 bits per heavy atom. The van der Waals surface area contributed by atoms with Crippen LogP contribution in [0.3, 0.4) is 0 Å². The van der Waals surface area contributed by atoms with E-state index in [4.69, 9.17) is 9.84 Å². The minimum atomic E-state index is -1.27. The van der Waals surface area contributed by atoms with E-state index in [1.54, 1.807) is 6.92 Å². The Morgan fingerprint density at radius 1 is 1.12 bits per heavy atom. The zero-order valence-electron chi connectivity index (χ0n) is 14.3. The number of hydrogen-bond acceptors (Lipinski definition) is 5. The highest BCUT2D eigenvalue weighted by Gasteiger charge is 2.20. The fourth-order valence-electron chi connectivity index (χ4n) is 2.41. The molecule has 2 aromatic carbocycles. The standard InChI is InChI=1S/C19H21NO6/c1-12-9-14(7-8-15(12)18(23)24)17(22)16(21)10-20-19(25)26-11-13-5-3-2-4-6-13/h2-9,16-17,21-22H,10-11H2,1H3,(H,20,25)(H,23,24). The van der Waals surface area contributed by atoms with Crippen molar-refractivity contribution in [2.45, 2.75) is 25.7 Å². The normalized spacial score (nSPS) is 12.9. The number of alkyl carbamates (subject to hydrolysis) is 1. The van der Waals surface area contributed by atoms with Crippen LogP contribution >= 0.6 is 0 Å². The second-order valence-corrected chi connectivity index (χ2v) is 5.83. The zero-order valence-corrected chi connectivity index (χ0v) is 14.3. The van der Waals surface area contributed by atoms with Gasteiger partial charge in [0.1, 0.15) is 18.8 Å². The van der Waals surface area contributed by atoms with Crippen LogP contribution in [0.15, 0.2) is 48.5 Å². The van der Waals surface area contributed by atoms with Crippen molar-refractivity contribution >= 4 is 12.1 Å². The van der Waals surface area contributed by atoms with Crippen LogP contribution in [0.1, 0.15) is 33.2 Å². The molecule has 0 radical (unpaired) electrons. The Hall–Kier alpha value is -2.90. The van der Waals surface area contributed by atoms with E-state index in [1.165, 1.54) is 18.2 Å². The van der Waals surface area contributed by atoms with Crippen LogP contribution in [0.25, 0.3) is 0 Å². The molecule has 0 spiro atoms. The van der Waals surface area contributed by atoms with Gasteiger partial charge in [0.25, 0.3) is 0 Å². The first kappa shape index (κ1) is 19.4. The largest absolute Gasteiger partial charge is 0.478 e. The monoisotopic (exact) mass is 359 g/mol. The fourth-order valence-corrected chi connectivity index (χ4v) is 2.41. The molecule has 26 heavy (non-hydrogen) atoms. The van der Waals surface area contributed by atoms with Gasteiger partial charge in [0.05, 0.1) is 5.56 Å². The zero-order chi connectivity index (χ0) is 19.1. The van der Waals surface area contributed by atoms with Gasteiger partial charge in [-0.05, 0) is 29.7 Å². The predicted octanol–water partition coefficient (Wildman–Crippen LogP) is 2.01. The van der Waals surface area contributed by atoms with Gasteiger partial charge in [0.2, 0.25) is 0 Å². The number of carboxylic acids is 1. The summed E-state index contributed by atoms with van der Waals surface area (Å²) < 4.78 is 5.02. The van der Waals surface area contributed by atoms with Gasteiger partial charge in [-0.25, -0.2) is 9.59 Å². The molecule has 7 heteroatoms. The molecule has 2 aromatic rings. The van der Waals surface area contributed by atoms with Crippen LogP contribution in [0.2, 0.25) is 0 Å². The molecule has 0 aliphatic carbocycles. The number of aliphatic hydroxyl groups excluding tert-OH is 2. The van der Waals surface area contributed by atoms with Crippen LogP contribution in [0.4, 0.5) is 4.79 Å². The fraction of sp³-hybridized carbons (Fsp3) is 0.263. The number of aromatic carboxylic acids is 1. The van der Waals surface area contributed by atoms with Gasteiger partial charge in [0, 0.05) is 6.54 Å². The van der Waals surface area contributed by atoms with Crippen molar-refractivity contribution in [2.75, 3.05) is 6.54 Å². The first-order valence-electron chi connectivity index (χ1n) is 8.03. The van der Waals surface area contributed by atoms with Crippen LogP contribution in [0, 0.1) is 6.92 Å². The van der Waals surface area contributed by atoms with Crippen molar-refractivity contribution in [3.8, 4) is 0 Å². The Labute approximate surface area is 150 Å². The summed E-state index contributed by atoms with van der Waals surface area (Å²) in [6.45, 7) is 1.49. The molecular formula is C19H21NO6. The molecular weight excluding hydrogens is 338 g/mol. The average molecular weight is 359 g/mol. The van der Waals surface area contributed by atoms with Crippen LogP contribution < -0.4 is 5.32 Å². The number of ether oxygens (including phenoxy) is 1. The minimum absolute atomic E-state index is 0.0984. The highest BCUT2D eigenvalue weighted by Crippen LogP contribution is 2.20. The van der Waals surface area contributed by atoms with Gasteiger partial charge in [-0.15, -0.1) is 0 Å². The van der Waals surface area contributed by atoms with E-state index in [1.807, 2.05) is 30.3 Å². The number of amides is 1. The van der Waals surface area contributed by atoms with E-state index >= 15 is 0 Å².